The summed E-state index contributed by atoms with van der Waals surface area (Å²) < 4.78 is 17.6. The maximum atomic E-state index is 13.7. The number of piperazine rings is 1. The zero-order valence-electron chi connectivity index (χ0n) is 30.5. The first-order valence-corrected chi connectivity index (χ1v) is 19.1. The van der Waals surface area contributed by atoms with Gasteiger partial charge in [-0.2, -0.15) is 0 Å². The molecule has 288 valence electrons. The molecule has 14 nitrogen and oxygen atoms in total. The Morgan fingerprint density at radius 3 is 2.39 bits per heavy atom. The van der Waals surface area contributed by atoms with Gasteiger partial charge in [0.15, 0.2) is 17.7 Å². The summed E-state index contributed by atoms with van der Waals surface area (Å²) >= 11 is 6.46. The topological polar surface area (TPSA) is 153 Å². The molecule has 2 N–H and O–H groups in total. The minimum atomic E-state index is -1.42. The largest absolute Gasteiger partial charge is 0.493 e. The molecule has 2 saturated heterocycles. The molecule has 15 heteroatoms. The first-order chi connectivity index (χ1) is 26.1. The number of benzene rings is 3. The van der Waals surface area contributed by atoms with Crippen molar-refractivity contribution < 1.29 is 43.6 Å². The number of carbonyl (C=O) groups is 4. The Morgan fingerprint density at radius 2 is 1.67 bits per heavy atom. The summed E-state index contributed by atoms with van der Waals surface area (Å²) in [5.41, 5.74) is 1.86. The minimum Gasteiger partial charge on any atom is -0.493 e. The number of unbranched alkanes of at least 4 members (excludes halogenated alkanes) is 2. The third-order valence-electron chi connectivity index (χ3n) is 11.0. The number of halogens is 1. The van der Waals surface area contributed by atoms with E-state index in [2.05, 4.69) is 4.90 Å². The SMILES string of the molecule is COc1cc2c(cc1OCCCCCC(=O)N1C[C@@H](CCl)c3c1cc(OC(=O)N1CCN(C)CC1)c1ccccc31)N(C(=O)O)C(O)C1CCCN1C2=O. The molecule has 3 aromatic rings. The first-order valence-electron chi connectivity index (χ1n) is 18.5. The monoisotopic (exact) mass is 763 g/mol. The van der Waals surface area contributed by atoms with Gasteiger partial charge >= 0.3 is 12.2 Å². The summed E-state index contributed by atoms with van der Waals surface area (Å²) in [6.07, 6.45) is 0.0931. The van der Waals surface area contributed by atoms with Gasteiger partial charge in [-0.05, 0) is 56.2 Å². The molecule has 0 bridgehead atoms. The molecule has 3 atom stereocenters. The van der Waals surface area contributed by atoms with Crippen LogP contribution in [-0.2, 0) is 4.79 Å². The summed E-state index contributed by atoms with van der Waals surface area (Å²) in [7, 11) is 3.47. The summed E-state index contributed by atoms with van der Waals surface area (Å²) in [6.45, 7) is 3.81. The highest BCUT2D eigenvalue weighted by Crippen LogP contribution is 2.46. The average molecular weight is 764 g/mol. The average Bonchev–Trinajstić information content (AvgIpc) is 3.80. The fraction of sp³-hybridized carbons (Fsp3) is 0.487. The van der Waals surface area contributed by atoms with Crippen molar-refractivity contribution in [1.29, 1.82) is 0 Å². The third-order valence-corrected chi connectivity index (χ3v) is 11.4. The van der Waals surface area contributed by atoms with Gasteiger partial charge in [-0.25, -0.2) is 14.5 Å². The van der Waals surface area contributed by atoms with Gasteiger partial charge in [0.25, 0.3) is 5.91 Å². The number of carboxylic acid groups (broad SMARTS) is 1. The Kier molecular flexibility index (Phi) is 11.0. The smallest absolute Gasteiger partial charge is 0.415 e. The maximum Gasteiger partial charge on any atom is 0.415 e. The van der Waals surface area contributed by atoms with Crippen molar-refractivity contribution in [3.05, 3.63) is 53.6 Å². The van der Waals surface area contributed by atoms with E-state index in [4.69, 9.17) is 25.8 Å². The Labute approximate surface area is 318 Å². The predicted molar refractivity (Wildman–Crippen MR) is 202 cm³/mol. The van der Waals surface area contributed by atoms with Crippen LogP contribution in [-0.4, -0.2) is 127 Å². The minimum absolute atomic E-state index is 0.0435. The van der Waals surface area contributed by atoms with Crippen molar-refractivity contribution in [2.45, 2.75) is 56.7 Å². The third kappa shape index (κ3) is 7.09. The number of nitrogens with zero attached hydrogens (tertiary/aromatic N) is 5. The number of anilines is 2. The molecule has 54 heavy (non-hydrogen) atoms. The van der Waals surface area contributed by atoms with Crippen LogP contribution >= 0.6 is 11.6 Å². The lowest BCUT2D eigenvalue weighted by molar-refractivity contribution is -0.118. The summed E-state index contributed by atoms with van der Waals surface area (Å²) in [6, 6.07) is 11.8. The van der Waals surface area contributed by atoms with E-state index < -0.39 is 24.5 Å². The van der Waals surface area contributed by atoms with Crippen LogP contribution in [0, 0.1) is 0 Å². The molecule has 2 fully saturated rings. The fourth-order valence-corrected chi connectivity index (χ4v) is 8.36. The van der Waals surface area contributed by atoms with E-state index >= 15 is 0 Å². The second-order valence-corrected chi connectivity index (χ2v) is 14.6. The second-order valence-electron chi connectivity index (χ2n) is 14.3. The number of aliphatic hydroxyl groups excluding tert-OH is 1. The van der Waals surface area contributed by atoms with Crippen molar-refractivity contribution in [3.8, 4) is 17.2 Å². The zero-order valence-corrected chi connectivity index (χ0v) is 31.3. The zero-order chi connectivity index (χ0) is 38.1. The van der Waals surface area contributed by atoms with E-state index in [-0.39, 0.29) is 53.5 Å². The lowest BCUT2D eigenvalue weighted by Crippen LogP contribution is -2.50. The molecule has 4 amide bonds. The maximum absolute atomic E-state index is 13.7. The lowest BCUT2D eigenvalue weighted by Gasteiger charge is -2.31. The molecule has 2 unspecified atom stereocenters. The normalized spacial score (nSPS) is 21.1. The van der Waals surface area contributed by atoms with Gasteiger partial charge in [0, 0.05) is 75.0 Å². The van der Waals surface area contributed by atoms with E-state index in [1.54, 1.807) is 15.9 Å². The molecular formula is C39H46ClN5O9. The van der Waals surface area contributed by atoms with Gasteiger partial charge < -0.3 is 44.0 Å². The molecular weight excluding hydrogens is 718 g/mol. The number of ether oxygens (including phenoxy) is 3. The Hall–Kier alpha value is -4.79. The van der Waals surface area contributed by atoms with Gasteiger partial charge in [0.05, 0.1) is 36.7 Å². The first kappa shape index (κ1) is 37.5. The molecule has 0 saturated carbocycles. The van der Waals surface area contributed by atoms with Crippen molar-refractivity contribution in [2.75, 3.05) is 75.7 Å². The fourth-order valence-electron chi connectivity index (χ4n) is 8.11. The number of rotatable bonds is 10. The van der Waals surface area contributed by atoms with E-state index in [1.165, 1.54) is 24.1 Å². The van der Waals surface area contributed by atoms with Crippen LogP contribution < -0.4 is 24.0 Å². The van der Waals surface area contributed by atoms with Gasteiger partial charge in [-0.15, -0.1) is 11.6 Å². The number of hydrogen-bond donors (Lipinski definition) is 2. The number of carbonyl (C=O) groups excluding carboxylic acids is 3. The number of hydrogen-bond acceptors (Lipinski definition) is 9. The summed E-state index contributed by atoms with van der Waals surface area (Å²) in [4.78, 5) is 60.7. The van der Waals surface area contributed by atoms with Gasteiger partial charge in [0.1, 0.15) is 5.75 Å². The summed E-state index contributed by atoms with van der Waals surface area (Å²) in [5.74, 6) is 0.779. The number of fused-ring (bicyclic) bond motifs is 5. The molecule has 0 radical (unpaired) electrons. The van der Waals surface area contributed by atoms with E-state index in [1.807, 2.05) is 31.3 Å². The molecule has 4 aliphatic rings. The van der Waals surface area contributed by atoms with E-state index in [0.717, 1.165) is 34.3 Å². The number of likely N-dealkylation sites (N-methyl/N-ethyl adjacent to an activating group) is 1. The van der Waals surface area contributed by atoms with Crippen LogP contribution in [0.25, 0.3) is 10.8 Å². The number of methoxy groups -OCH3 is 1. The van der Waals surface area contributed by atoms with Gasteiger partial charge in [0.2, 0.25) is 5.91 Å². The molecule has 4 heterocycles. The van der Waals surface area contributed by atoms with Crippen LogP contribution in [0.4, 0.5) is 21.0 Å². The van der Waals surface area contributed by atoms with Crippen LogP contribution in [0.15, 0.2) is 42.5 Å². The highest BCUT2D eigenvalue weighted by molar-refractivity contribution is 6.19. The highest BCUT2D eigenvalue weighted by Gasteiger charge is 2.45. The van der Waals surface area contributed by atoms with Crippen LogP contribution in [0.3, 0.4) is 0 Å². The number of alkyl halides is 1. The number of aliphatic hydroxyl groups is 1. The van der Waals surface area contributed by atoms with Gasteiger partial charge in [-0.1, -0.05) is 24.3 Å². The van der Waals surface area contributed by atoms with Crippen LogP contribution in [0.5, 0.6) is 17.2 Å². The molecule has 0 spiro atoms. The molecule has 0 aromatic heterocycles. The van der Waals surface area contributed by atoms with Crippen molar-refractivity contribution in [2.24, 2.45) is 0 Å². The molecule has 0 aliphatic carbocycles. The summed E-state index contributed by atoms with van der Waals surface area (Å²) in [5, 5.41) is 22.8. The quantitative estimate of drug-likeness (QED) is 0.205. The number of amides is 4. The van der Waals surface area contributed by atoms with E-state index in [9.17, 15) is 29.4 Å². The van der Waals surface area contributed by atoms with Crippen molar-refractivity contribution in [1.82, 2.24) is 14.7 Å². The standard InChI is InChI=1S/C39H46ClN5O9/c1-41-14-16-42(17-15-41)39(51)54-31-21-30-35(26-10-6-5-9-25(26)31)24(22-40)23-44(30)34(46)12-4-3-7-18-53-33-20-29-27(19-32(33)52-2)36(47)43-13-8-11-28(43)37(48)45(29)38(49)50/h5-6,9-10,19-21,24,28,37,48H,3-4,7-8,11-18,22-23H2,1-2H3,(H,49,50)/t24-,28?,37?/m1/s1. The van der Waals surface area contributed by atoms with Gasteiger partial charge in [-0.3, -0.25) is 9.59 Å². The van der Waals surface area contributed by atoms with Crippen LogP contribution in [0.2, 0.25) is 0 Å². The molecule has 4 aliphatic heterocycles. The highest BCUT2D eigenvalue weighted by atomic mass is 35.5. The Bertz CT molecular complexity index is 1940. The Balaban J connectivity index is 1.00. The molecule has 3 aromatic carbocycles. The Morgan fingerprint density at radius 1 is 0.926 bits per heavy atom. The second kappa shape index (κ2) is 15.9. The van der Waals surface area contributed by atoms with E-state index in [0.29, 0.717) is 75.6 Å². The van der Waals surface area contributed by atoms with Crippen LogP contribution in [0.1, 0.15) is 60.4 Å². The van der Waals surface area contributed by atoms with Crippen molar-refractivity contribution >= 4 is 57.7 Å². The predicted octanol–water partition coefficient (Wildman–Crippen LogP) is 5.32. The molecule has 7 rings (SSSR count). The van der Waals surface area contributed by atoms with Crippen molar-refractivity contribution in [3.63, 3.8) is 0 Å². The lowest BCUT2D eigenvalue weighted by atomic mass is 9.95.